The lowest BCUT2D eigenvalue weighted by Gasteiger charge is -2.21. The van der Waals surface area contributed by atoms with E-state index < -0.39 is 0 Å². The molecule has 1 rings (SSSR count). The molecule has 92 valence electrons. The van der Waals surface area contributed by atoms with Crippen molar-refractivity contribution in [3.05, 3.63) is 22.6 Å². The van der Waals surface area contributed by atoms with Gasteiger partial charge in [-0.25, -0.2) is 0 Å². The first kappa shape index (κ1) is 13.7. The first-order chi connectivity index (χ1) is 7.54. The minimum atomic E-state index is -0.319. The summed E-state index contributed by atoms with van der Waals surface area (Å²) in [6, 6.07) is 2.00. The van der Waals surface area contributed by atoms with Crippen LogP contribution in [-0.2, 0) is 0 Å². The summed E-state index contributed by atoms with van der Waals surface area (Å²) >= 11 is 3.41. The molecule has 0 radical (unpaired) electrons. The van der Waals surface area contributed by atoms with Gasteiger partial charge >= 0.3 is 0 Å². The predicted molar refractivity (Wildman–Crippen MR) is 67.1 cm³/mol. The molecule has 0 saturated heterocycles. The van der Waals surface area contributed by atoms with E-state index in [1.165, 1.54) is 0 Å². The molecular formula is C11H19BrN2O2. The Bertz CT molecular complexity index is 315. The van der Waals surface area contributed by atoms with E-state index in [1.54, 1.807) is 13.2 Å². The highest BCUT2D eigenvalue weighted by Crippen LogP contribution is 2.24. The number of aliphatic hydroxyl groups excluding tert-OH is 1. The zero-order valence-corrected chi connectivity index (χ0v) is 11.2. The fourth-order valence-corrected chi connectivity index (χ4v) is 2.21. The Kier molecular flexibility index (Phi) is 5.48. The molecule has 4 N–H and O–H groups in total. The highest BCUT2D eigenvalue weighted by atomic mass is 79.9. The number of hydrogen-bond donors (Lipinski definition) is 3. The Balaban J connectivity index is 2.59. The second-order valence-corrected chi connectivity index (χ2v) is 4.93. The Morgan fingerprint density at radius 1 is 1.56 bits per heavy atom. The summed E-state index contributed by atoms with van der Waals surface area (Å²) in [5.41, 5.74) is 5.71. The zero-order valence-electron chi connectivity index (χ0n) is 9.61. The molecule has 1 aromatic rings. The van der Waals surface area contributed by atoms with Crippen molar-refractivity contribution in [2.75, 3.05) is 6.54 Å². The highest BCUT2D eigenvalue weighted by molar-refractivity contribution is 9.10. The summed E-state index contributed by atoms with van der Waals surface area (Å²) < 4.78 is 6.29. The van der Waals surface area contributed by atoms with Gasteiger partial charge in [-0.15, -0.1) is 0 Å². The average Bonchev–Trinajstić information content (AvgIpc) is 2.60. The second kappa shape index (κ2) is 6.39. The molecule has 1 aromatic heterocycles. The lowest BCUT2D eigenvalue weighted by Crippen LogP contribution is -2.36. The third-order valence-electron chi connectivity index (χ3n) is 2.38. The van der Waals surface area contributed by atoms with Crippen LogP contribution >= 0.6 is 15.9 Å². The van der Waals surface area contributed by atoms with Gasteiger partial charge in [0.15, 0.2) is 0 Å². The monoisotopic (exact) mass is 290 g/mol. The molecule has 0 aliphatic heterocycles. The molecule has 16 heavy (non-hydrogen) atoms. The summed E-state index contributed by atoms with van der Waals surface area (Å²) in [5.74, 6) is 0.806. The molecule has 0 amide bonds. The van der Waals surface area contributed by atoms with Crippen LogP contribution in [0.5, 0.6) is 0 Å². The first-order valence-corrected chi connectivity index (χ1v) is 6.21. The number of halogens is 1. The normalized spacial score (nSPS) is 17.1. The van der Waals surface area contributed by atoms with Crippen LogP contribution in [0.1, 0.15) is 32.1 Å². The van der Waals surface area contributed by atoms with E-state index in [0.717, 1.165) is 10.2 Å². The van der Waals surface area contributed by atoms with E-state index >= 15 is 0 Å². The van der Waals surface area contributed by atoms with Crippen LogP contribution in [0.25, 0.3) is 0 Å². The molecule has 4 nitrogen and oxygen atoms in total. The van der Waals surface area contributed by atoms with E-state index in [0.29, 0.717) is 13.0 Å². The van der Waals surface area contributed by atoms with Crippen LogP contribution in [0.4, 0.5) is 0 Å². The Labute approximate surface area is 104 Å². The van der Waals surface area contributed by atoms with Crippen molar-refractivity contribution >= 4 is 15.9 Å². The quantitative estimate of drug-likeness (QED) is 0.747. The molecule has 0 bridgehead atoms. The van der Waals surface area contributed by atoms with Gasteiger partial charge in [0, 0.05) is 12.6 Å². The number of furan rings is 1. The zero-order chi connectivity index (χ0) is 12.1. The Hall–Kier alpha value is -0.360. The molecule has 0 fully saturated rings. The number of nitrogens with two attached hydrogens (primary N) is 1. The van der Waals surface area contributed by atoms with Crippen molar-refractivity contribution in [1.29, 1.82) is 0 Å². The van der Waals surface area contributed by atoms with Gasteiger partial charge in [0.25, 0.3) is 0 Å². The third kappa shape index (κ3) is 3.90. The van der Waals surface area contributed by atoms with Gasteiger partial charge in [-0.3, -0.25) is 0 Å². The van der Waals surface area contributed by atoms with E-state index in [2.05, 4.69) is 21.2 Å². The number of rotatable bonds is 6. The Morgan fingerprint density at radius 2 is 2.25 bits per heavy atom. The van der Waals surface area contributed by atoms with E-state index in [-0.39, 0.29) is 18.2 Å². The van der Waals surface area contributed by atoms with Gasteiger partial charge < -0.3 is 20.6 Å². The topological polar surface area (TPSA) is 71.4 Å². The lowest BCUT2D eigenvalue weighted by atomic mass is 10.1. The summed E-state index contributed by atoms with van der Waals surface area (Å²) in [4.78, 5) is 0. The highest BCUT2D eigenvalue weighted by Gasteiger charge is 2.18. The smallest absolute Gasteiger partial charge is 0.136 e. The maximum absolute atomic E-state index is 9.29. The molecule has 0 aromatic carbocycles. The molecule has 0 saturated carbocycles. The standard InChI is InChI=1S/C11H19BrN2O2/c1-7(5-8(2)15)14-10(6-13)11-9(12)3-4-16-11/h3-4,7-8,10,14-15H,5-6,13H2,1-2H3. The summed E-state index contributed by atoms with van der Waals surface area (Å²) in [7, 11) is 0. The van der Waals surface area contributed by atoms with Gasteiger partial charge in [-0.1, -0.05) is 0 Å². The van der Waals surface area contributed by atoms with E-state index in [4.69, 9.17) is 10.2 Å². The molecule has 0 aliphatic rings. The molecule has 0 spiro atoms. The van der Waals surface area contributed by atoms with Gasteiger partial charge in [0.05, 0.1) is 22.9 Å². The maximum atomic E-state index is 9.29. The molecule has 5 heteroatoms. The fraction of sp³-hybridized carbons (Fsp3) is 0.636. The number of aliphatic hydroxyl groups is 1. The SMILES string of the molecule is CC(O)CC(C)NC(CN)c1occc1Br. The molecule has 3 unspecified atom stereocenters. The van der Waals surface area contributed by atoms with Crippen LogP contribution in [0.3, 0.4) is 0 Å². The van der Waals surface area contributed by atoms with Crippen molar-refractivity contribution in [3.8, 4) is 0 Å². The summed E-state index contributed by atoms with van der Waals surface area (Å²) in [6.45, 7) is 4.25. The minimum absolute atomic E-state index is 0.0295. The predicted octanol–water partition coefficient (Wildman–Crippen LogP) is 1.79. The fourth-order valence-electron chi connectivity index (χ4n) is 1.73. The van der Waals surface area contributed by atoms with Crippen LogP contribution in [-0.4, -0.2) is 23.8 Å². The lowest BCUT2D eigenvalue weighted by molar-refractivity contribution is 0.167. The minimum Gasteiger partial charge on any atom is -0.466 e. The summed E-state index contributed by atoms with van der Waals surface area (Å²) in [5, 5.41) is 12.6. The Morgan fingerprint density at radius 3 is 2.69 bits per heavy atom. The van der Waals surface area contributed by atoms with Crippen molar-refractivity contribution in [2.24, 2.45) is 5.73 Å². The van der Waals surface area contributed by atoms with Gasteiger partial charge in [-0.05, 0) is 42.3 Å². The van der Waals surface area contributed by atoms with Gasteiger partial charge in [0.2, 0.25) is 0 Å². The van der Waals surface area contributed by atoms with Crippen LogP contribution in [0.15, 0.2) is 21.2 Å². The summed E-state index contributed by atoms with van der Waals surface area (Å²) in [6.07, 6.45) is 2.00. The average molecular weight is 291 g/mol. The van der Waals surface area contributed by atoms with Crippen LogP contribution in [0.2, 0.25) is 0 Å². The van der Waals surface area contributed by atoms with Crippen molar-refractivity contribution < 1.29 is 9.52 Å². The maximum Gasteiger partial charge on any atom is 0.136 e. The van der Waals surface area contributed by atoms with Crippen LogP contribution in [0, 0.1) is 0 Å². The van der Waals surface area contributed by atoms with E-state index in [9.17, 15) is 5.11 Å². The largest absolute Gasteiger partial charge is 0.466 e. The first-order valence-electron chi connectivity index (χ1n) is 5.41. The van der Waals surface area contributed by atoms with Crippen LogP contribution < -0.4 is 11.1 Å². The third-order valence-corrected chi connectivity index (χ3v) is 3.03. The molecule has 1 heterocycles. The second-order valence-electron chi connectivity index (χ2n) is 4.07. The molecular weight excluding hydrogens is 272 g/mol. The number of hydrogen-bond acceptors (Lipinski definition) is 4. The van der Waals surface area contributed by atoms with Gasteiger partial charge in [-0.2, -0.15) is 0 Å². The van der Waals surface area contributed by atoms with Crippen molar-refractivity contribution in [2.45, 2.75) is 38.5 Å². The van der Waals surface area contributed by atoms with Gasteiger partial charge in [0.1, 0.15) is 5.76 Å². The molecule has 3 atom stereocenters. The number of nitrogens with one attached hydrogen (secondary N) is 1. The molecule has 0 aliphatic carbocycles. The van der Waals surface area contributed by atoms with E-state index in [1.807, 2.05) is 13.0 Å². The van der Waals surface area contributed by atoms with Crippen molar-refractivity contribution in [1.82, 2.24) is 5.32 Å². The van der Waals surface area contributed by atoms with Crippen molar-refractivity contribution in [3.63, 3.8) is 0 Å².